The number of carboxylic acid groups (broad SMARTS) is 2. The number of hydrogen-bond donors (Lipinski definition) is 2. The van der Waals surface area contributed by atoms with Crippen LogP contribution in [0.2, 0.25) is 0 Å². The number of nitrogens with one attached hydrogen (secondary N) is 2. The van der Waals surface area contributed by atoms with Gasteiger partial charge >= 0.3 is 80.9 Å². The summed E-state index contributed by atoms with van der Waals surface area (Å²) in [5.74, 6) is -2.14. The molecule has 0 atom stereocenters. The van der Waals surface area contributed by atoms with Gasteiger partial charge in [-0.15, -0.1) is 0 Å². The van der Waals surface area contributed by atoms with Crippen LogP contribution in [0.3, 0.4) is 0 Å². The maximum atomic E-state index is 9.43. The minimum Gasteiger partial charge on any atom is -0.549 e. The van der Waals surface area contributed by atoms with Crippen LogP contribution >= 0.6 is 0 Å². The predicted octanol–water partition coefficient (Wildman–Crippen LogP) is -10.1. The molecule has 0 aliphatic heterocycles. The maximum Gasteiger partial charge on any atom is 1.00 e. The fourth-order valence-corrected chi connectivity index (χ4v) is 0.289. The number of hydrogen-bond acceptors (Lipinski definition) is 6. The third-order valence-corrected chi connectivity index (χ3v) is 0.642. The number of carbonyl (C=O) groups is 2. The van der Waals surface area contributed by atoms with Crippen molar-refractivity contribution in [1.29, 1.82) is 0 Å². The second kappa shape index (κ2) is 20.0. The van der Waals surface area contributed by atoms with Crippen LogP contribution in [-0.4, -0.2) is 39.1 Å². The van der Waals surface area contributed by atoms with Crippen LogP contribution in [0.4, 0.5) is 0 Å². The molecule has 0 bridgehead atoms. The summed E-state index contributed by atoms with van der Waals surface area (Å²) >= 11 is 0. The molecule has 6 nitrogen and oxygen atoms in total. The van der Waals surface area contributed by atoms with E-state index in [9.17, 15) is 19.8 Å². The van der Waals surface area contributed by atoms with Gasteiger partial charge in [-0.3, -0.25) is 0 Å². The van der Waals surface area contributed by atoms with E-state index in [4.69, 9.17) is 0 Å². The van der Waals surface area contributed by atoms with Crippen molar-refractivity contribution < 1.29 is 101 Å². The zero-order valence-electron chi connectivity index (χ0n) is 9.05. The van der Waals surface area contributed by atoms with E-state index >= 15 is 0 Å². The molecule has 0 radical (unpaired) electrons. The molecule has 2 N–H and O–H groups in total. The average molecular weight is 238 g/mol. The Labute approximate surface area is 148 Å². The minimum atomic E-state index is -1.07. The Hall–Kier alpha value is 1.50. The Bertz CT molecular complexity index is 132. The number of carbonyl (C=O) groups excluding carboxylic acids is 2. The smallest absolute Gasteiger partial charge is 0.549 e. The van der Waals surface area contributed by atoms with E-state index in [-0.39, 0.29) is 94.0 Å². The van der Waals surface area contributed by atoms with Gasteiger partial charge in [0.05, 0.1) is 11.9 Å². The first-order valence-corrected chi connectivity index (χ1v) is 3.23. The Morgan fingerprint density at radius 3 is 1.21 bits per heavy atom. The molecule has 0 spiro atoms. The molecule has 0 aromatic heterocycles. The average Bonchev–Trinajstić information content (AvgIpc) is 1.87. The summed E-state index contributed by atoms with van der Waals surface area (Å²) in [6.07, 6.45) is 0. The van der Waals surface area contributed by atoms with Gasteiger partial charge in [0.25, 0.3) is 0 Å². The van der Waals surface area contributed by atoms with E-state index in [0.717, 1.165) is 0 Å². The molecule has 0 aromatic rings. The molecule has 0 aromatic carbocycles. The molecule has 14 heavy (non-hydrogen) atoms. The molecule has 0 rings (SSSR count). The Kier molecular flexibility index (Phi) is 35.2. The van der Waals surface area contributed by atoms with Crippen molar-refractivity contribution in [2.75, 3.05) is 27.2 Å². The first-order chi connectivity index (χ1) is 5.54. The summed E-state index contributed by atoms with van der Waals surface area (Å²) in [4.78, 5) is 18.9. The summed E-state index contributed by atoms with van der Waals surface area (Å²) in [5, 5.41) is 23.7. The Morgan fingerprint density at radius 2 is 1.21 bits per heavy atom. The van der Waals surface area contributed by atoms with Crippen LogP contribution in [-0.2, 0) is 9.59 Å². The monoisotopic (exact) mass is 238 g/mol. The Morgan fingerprint density at radius 1 is 1.00 bits per heavy atom. The van der Waals surface area contributed by atoms with Crippen LogP contribution < -0.4 is 102 Å². The van der Waals surface area contributed by atoms with Crippen molar-refractivity contribution in [3.05, 3.63) is 0 Å². The molecule has 0 saturated carbocycles. The van der Waals surface area contributed by atoms with E-state index in [1.807, 2.05) is 0 Å². The molecule has 0 aliphatic rings. The van der Waals surface area contributed by atoms with Crippen molar-refractivity contribution in [3.8, 4) is 0 Å². The quantitative estimate of drug-likeness (QED) is 0.471. The topological polar surface area (TPSA) is 104 Å². The standard InChI is InChI=1S/2C3H7NO2.K.Na/c2*1-4-2-3(5)6;;/h2*4H,2H2,1H3,(H,5,6);;/q;;2*+1/p-2. The van der Waals surface area contributed by atoms with Crippen LogP contribution in [0.5, 0.6) is 0 Å². The predicted molar refractivity (Wildman–Crippen MR) is 37.9 cm³/mol. The van der Waals surface area contributed by atoms with Gasteiger partial charge in [-0.25, -0.2) is 0 Å². The normalized spacial score (nSPS) is 7.00. The van der Waals surface area contributed by atoms with Gasteiger partial charge in [-0.05, 0) is 14.1 Å². The molecule has 0 unspecified atom stereocenters. The molecule has 8 heteroatoms. The van der Waals surface area contributed by atoms with Crippen LogP contribution in [0.15, 0.2) is 0 Å². The maximum absolute atomic E-state index is 9.43. The number of carboxylic acids is 2. The van der Waals surface area contributed by atoms with Crippen molar-refractivity contribution in [2.45, 2.75) is 0 Å². The number of rotatable bonds is 4. The molecule has 0 amide bonds. The molecule has 72 valence electrons. The second-order valence-corrected chi connectivity index (χ2v) is 1.80. The summed E-state index contributed by atoms with van der Waals surface area (Å²) in [6, 6.07) is 0. The van der Waals surface area contributed by atoms with Crippen LogP contribution in [0, 0.1) is 0 Å². The van der Waals surface area contributed by atoms with E-state index in [2.05, 4.69) is 10.6 Å². The minimum absolute atomic E-state index is 0. The van der Waals surface area contributed by atoms with E-state index in [1.165, 1.54) is 0 Å². The Balaban J connectivity index is -0.0000000625. The molecule has 0 heterocycles. The second-order valence-electron chi connectivity index (χ2n) is 1.80. The fourth-order valence-electron chi connectivity index (χ4n) is 0.289. The third kappa shape index (κ3) is 37.5. The molecule has 0 saturated heterocycles. The molecular formula is C6H12KN2NaO4. The van der Waals surface area contributed by atoms with E-state index in [0.29, 0.717) is 0 Å². The van der Waals surface area contributed by atoms with Gasteiger partial charge in [-0.1, -0.05) is 0 Å². The van der Waals surface area contributed by atoms with E-state index < -0.39 is 11.9 Å². The molecule has 0 aliphatic carbocycles. The SMILES string of the molecule is CNCC(=O)[O-].CNCC(=O)[O-].[K+].[Na+]. The van der Waals surface area contributed by atoms with Crippen LogP contribution in [0.1, 0.15) is 0 Å². The van der Waals surface area contributed by atoms with Gasteiger partial charge in [-0.2, -0.15) is 0 Å². The molecule has 0 fully saturated rings. The first-order valence-electron chi connectivity index (χ1n) is 3.23. The van der Waals surface area contributed by atoms with Gasteiger partial charge in [0.2, 0.25) is 0 Å². The summed E-state index contributed by atoms with van der Waals surface area (Å²) < 4.78 is 0. The van der Waals surface area contributed by atoms with Gasteiger partial charge in [0.1, 0.15) is 0 Å². The summed E-state index contributed by atoms with van der Waals surface area (Å²) in [6.45, 7) is -0.139. The zero-order chi connectivity index (χ0) is 9.98. The number of likely N-dealkylation sites (N-methyl/N-ethyl adjacent to an activating group) is 2. The summed E-state index contributed by atoms with van der Waals surface area (Å²) in [5.41, 5.74) is 0. The van der Waals surface area contributed by atoms with Crippen molar-refractivity contribution in [2.24, 2.45) is 0 Å². The fraction of sp³-hybridized carbons (Fsp3) is 0.667. The zero-order valence-corrected chi connectivity index (χ0v) is 14.2. The van der Waals surface area contributed by atoms with Gasteiger partial charge < -0.3 is 30.4 Å². The largest absolute Gasteiger partial charge is 1.00 e. The van der Waals surface area contributed by atoms with Crippen LogP contribution in [0.25, 0.3) is 0 Å². The van der Waals surface area contributed by atoms with Crippen molar-refractivity contribution >= 4 is 11.9 Å². The van der Waals surface area contributed by atoms with Gasteiger partial charge in [0.15, 0.2) is 0 Å². The van der Waals surface area contributed by atoms with Crippen molar-refractivity contribution in [1.82, 2.24) is 10.6 Å². The molecular weight excluding hydrogens is 226 g/mol. The number of aliphatic carboxylic acids is 2. The third-order valence-electron chi connectivity index (χ3n) is 0.642. The van der Waals surface area contributed by atoms with E-state index in [1.54, 1.807) is 14.1 Å². The summed E-state index contributed by atoms with van der Waals surface area (Å²) in [7, 11) is 3.10. The van der Waals surface area contributed by atoms with Gasteiger partial charge in [0, 0.05) is 13.1 Å². The van der Waals surface area contributed by atoms with Crippen molar-refractivity contribution in [3.63, 3.8) is 0 Å². The first kappa shape index (κ1) is 24.6.